The SMILES string of the molecule is C[C@H](Br)c1ccc(N(C)C)cc1. The van der Waals surface area contributed by atoms with Crippen molar-refractivity contribution < 1.29 is 0 Å². The summed E-state index contributed by atoms with van der Waals surface area (Å²) in [6.45, 7) is 2.13. The van der Waals surface area contributed by atoms with Gasteiger partial charge in [0.15, 0.2) is 0 Å². The maximum absolute atomic E-state index is 3.53. The van der Waals surface area contributed by atoms with Gasteiger partial charge in [0.2, 0.25) is 0 Å². The number of anilines is 1. The minimum atomic E-state index is 0.439. The molecule has 12 heavy (non-hydrogen) atoms. The van der Waals surface area contributed by atoms with Gasteiger partial charge >= 0.3 is 0 Å². The third-order valence-electron chi connectivity index (χ3n) is 1.87. The Morgan fingerprint density at radius 1 is 1.17 bits per heavy atom. The van der Waals surface area contributed by atoms with Gasteiger partial charge in [0.1, 0.15) is 0 Å². The summed E-state index contributed by atoms with van der Waals surface area (Å²) in [6, 6.07) is 8.56. The lowest BCUT2D eigenvalue weighted by molar-refractivity contribution is 1.10. The number of nitrogens with zero attached hydrogens (tertiary/aromatic N) is 1. The van der Waals surface area contributed by atoms with Crippen LogP contribution in [0.5, 0.6) is 0 Å². The van der Waals surface area contributed by atoms with E-state index in [0.29, 0.717) is 4.83 Å². The molecule has 0 heterocycles. The van der Waals surface area contributed by atoms with Gasteiger partial charge in [0, 0.05) is 24.6 Å². The zero-order valence-electron chi connectivity index (χ0n) is 7.71. The highest BCUT2D eigenvalue weighted by molar-refractivity contribution is 9.09. The van der Waals surface area contributed by atoms with E-state index in [4.69, 9.17) is 0 Å². The average molecular weight is 228 g/mol. The lowest BCUT2D eigenvalue weighted by atomic mass is 10.1. The zero-order valence-corrected chi connectivity index (χ0v) is 9.30. The van der Waals surface area contributed by atoms with Crippen molar-refractivity contribution in [1.82, 2.24) is 0 Å². The standard InChI is InChI=1S/C10H14BrN/c1-8(11)9-4-6-10(7-5-9)12(2)3/h4-8H,1-3H3/t8-/m0/s1. The second-order valence-corrected chi connectivity index (χ2v) is 4.48. The summed E-state index contributed by atoms with van der Waals surface area (Å²) in [5.74, 6) is 0. The van der Waals surface area contributed by atoms with Crippen molar-refractivity contribution in [3.63, 3.8) is 0 Å². The predicted molar refractivity (Wildman–Crippen MR) is 58.1 cm³/mol. The molecule has 0 fully saturated rings. The van der Waals surface area contributed by atoms with Crippen LogP contribution < -0.4 is 4.90 Å². The summed E-state index contributed by atoms with van der Waals surface area (Å²) in [4.78, 5) is 2.54. The fourth-order valence-electron chi connectivity index (χ4n) is 1.04. The van der Waals surface area contributed by atoms with Crippen LogP contribution in [0.25, 0.3) is 0 Å². The highest BCUT2D eigenvalue weighted by atomic mass is 79.9. The summed E-state index contributed by atoms with van der Waals surface area (Å²) in [6.07, 6.45) is 0. The minimum absolute atomic E-state index is 0.439. The lowest BCUT2D eigenvalue weighted by Crippen LogP contribution is -2.08. The summed E-state index contributed by atoms with van der Waals surface area (Å²) in [7, 11) is 4.10. The van der Waals surface area contributed by atoms with E-state index in [2.05, 4.69) is 52.0 Å². The van der Waals surface area contributed by atoms with Crippen LogP contribution >= 0.6 is 15.9 Å². The Balaban J connectivity index is 2.86. The number of hydrogen-bond acceptors (Lipinski definition) is 1. The molecule has 0 aromatic heterocycles. The molecule has 0 saturated carbocycles. The monoisotopic (exact) mass is 227 g/mol. The van der Waals surface area contributed by atoms with Crippen molar-refractivity contribution in [2.75, 3.05) is 19.0 Å². The molecule has 1 aromatic carbocycles. The molecule has 1 rings (SSSR count). The largest absolute Gasteiger partial charge is 0.378 e. The van der Waals surface area contributed by atoms with Gasteiger partial charge in [0.25, 0.3) is 0 Å². The Kier molecular flexibility index (Phi) is 3.15. The second kappa shape index (κ2) is 3.94. The van der Waals surface area contributed by atoms with Crippen molar-refractivity contribution in [3.8, 4) is 0 Å². The average Bonchev–Trinajstić information content (AvgIpc) is 2.04. The maximum atomic E-state index is 3.53. The van der Waals surface area contributed by atoms with Crippen LogP contribution in [0.1, 0.15) is 17.3 Å². The Hall–Kier alpha value is -0.500. The molecular formula is C10H14BrN. The molecule has 0 saturated heterocycles. The summed E-state index contributed by atoms with van der Waals surface area (Å²) in [5.41, 5.74) is 2.56. The highest BCUT2D eigenvalue weighted by Gasteiger charge is 2.00. The van der Waals surface area contributed by atoms with Crippen molar-refractivity contribution in [1.29, 1.82) is 0 Å². The highest BCUT2D eigenvalue weighted by Crippen LogP contribution is 2.23. The molecule has 1 nitrogen and oxygen atoms in total. The number of benzene rings is 1. The molecule has 1 aromatic rings. The van der Waals surface area contributed by atoms with E-state index >= 15 is 0 Å². The summed E-state index contributed by atoms with van der Waals surface area (Å²) >= 11 is 3.53. The third kappa shape index (κ3) is 2.24. The molecule has 0 aliphatic rings. The van der Waals surface area contributed by atoms with Gasteiger partial charge < -0.3 is 4.90 Å². The van der Waals surface area contributed by atoms with Gasteiger partial charge in [0.05, 0.1) is 0 Å². The van der Waals surface area contributed by atoms with Crippen molar-refractivity contribution in [2.24, 2.45) is 0 Å². The third-order valence-corrected chi connectivity index (χ3v) is 2.40. The maximum Gasteiger partial charge on any atom is 0.0367 e. The normalized spacial score (nSPS) is 12.7. The smallest absolute Gasteiger partial charge is 0.0367 e. The van der Waals surface area contributed by atoms with Crippen molar-refractivity contribution in [2.45, 2.75) is 11.8 Å². The van der Waals surface area contributed by atoms with Crippen LogP contribution in [0.3, 0.4) is 0 Å². The van der Waals surface area contributed by atoms with Crippen LogP contribution in [0, 0.1) is 0 Å². The number of halogens is 1. The predicted octanol–water partition coefficient (Wildman–Crippen LogP) is 3.21. The van der Waals surface area contributed by atoms with E-state index in [0.717, 1.165) is 0 Å². The fourth-order valence-corrected chi connectivity index (χ4v) is 1.34. The Labute approximate surface area is 82.5 Å². The van der Waals surface area contributed by atoms with Gasteiger partial charge in [-0.25, -0.2) is 0 Å². The van der Waals surface area contributed by atoms with Crippen molar-refractivity contribution >= 4 is 21.6 Å². The molecule has 0 radical (unpaired) electrons. The summed E-state index contributed by atoms with van der Waals surface area (Å²) < 4.78 is 0. The van der Waals surface area contributed by atoms with E-state index in [9.17, 15) is 0 Å². The first-order valence-corrected chi connectivity index (χ1v) is 4.94. The van der Waals surface area contributed by atoms with E-state index < -0.39 is 0 Å². The molecule has 0 bridgehead atoms. The van der Waals surface area contributed by atoms with E-state index in [1.54, 1.807) is 0 Å². The second-order valence-electron chi connectivity index (χ2n) is 3.10. The topological polar surface area (TPSA) is 3.24 Å². The first kappa shape index (κ1) is 9.59. The quantitative estimate of drug-likeness (QED) is 0.702. The molecule has 2 heteroatoms. The van der Waals surface area contributed by atoms with Gasteiger partial charge in [-0.15, -0.1) is 0 Å². The Bertz CT molecular complexity index is 212. The van der Waals surface area contributed by atoms with Gasteiger partial charge in [-0.05, 0) is 24.6 Å². The molecule has 0 N–H and O–H groups in total. The first-order chi connectivity index (χ1) is 5.61. The van der Waals surface area contributed by atoms with E-state index in [1.807, 2.05) is 14.1 Å². The van der Waals surface area contributed by atoms with Gasteiger partial charge in [-0.2, -0.15) is 0 Å². The molecule has 0 spiro atoms. The number of alkyl halides is 1. The van der Waals surface area contributed by atoms with Crippen LogP contribution in [0.4, 0.5) is 5.69 Å². The lowest BCUT2D eigenvalue weighted by Gasteiger charge is -2.13. The van der Waals surface area contributed by atoms with Crippen LogP contribution in [0.2, 0.25) is 0 Å². The molecule has 0 aliphatic carbocycles. The Morgan fingerprint density at radius 3 is 2.00 bits per heavy atom. The van der Waals surface area contributed by atoms with Crippen molar-refractivity contribution in [3.05, 3.63) is 29.8 Å². The number of rotatable bonds is 2. The Morgan fingerprint density at radius 2 is 1.67 bits per heavy atom. The van der Waals surface area contributed by atoms with Crippen LogP contribution in [-0.4, -0.2) is 14.1 Å². The van der Waals surface area contributed by atoms with Gasteiger partial charge in [-0.1, -0.05) is 28.1 Å². The van der Waals surface area contributed by atoms with Crippen LogP contribution in [-0.2, 0) is 0 Å². The zero-order chi connectivity index (χ0) is 9.14. The molecule has 1 atom stereocenters. The van der Waals surface area contributed by atoms with E-state index in [1.165, 1.54) is 11.3 Å². The number of hydrogen-bond donors (Lipinski definition) is 0. The molecule has 0 amide bonds. The minimum Gasteiger partial charge on any atom is -0.378 e. The summed E-state index contributed by atoms with van der Waals surface area (Å²) in [5, 5.41) is 0. The molecule has 0 unspecified atom stereocenters. The van der Waals surface area contributed by atoms with Gasteiger partial charge in [-0.3, -0.25) is 0 Å². The molecule has 0 aliphatic heterocycles. The molecule has 66 valence electrons. The molecular weight excluding hydrogens is 214 g/mol. The van der Waals surface area contributed by atoms with Crippen LogP contribution in [0.15, 0.2) is 24.3 Å². The fraction of sp³-hybridized carbons (Fsp3) is 0.400. The first-order valence-electron chi connectivity index (χ1n) is 4.02. The van der Waals surface area contributed by atoms with E-state index in [-0.39, 0.29) is 0 Å².